The maximum atomic E-state index is 11.1. The van der Waals surface area contributed by atoms with Crippen molar-refractivity contribution in [2.45, 2.75) is 12.5 Å². The van der Waals surface area contributed by atoms with Gasteiger partial charge in [-0.1, -0.05) is 24.3 Å². The van der Waals surface area contributed by atoms with Gasteiger partial charge in [-0.3, -0.25) is 4.79 Å². The molecule has 0 fully saturated rings. The number of nitrogens with two attached hydrogens (primary N) is 1. The predicted octanol–water partition coefficient (Wildman–Crippen LogP) is 0.759. The molecule has 12 heavy (non-hydrogen) atoms. The van der Waals surface area contributed by atoms with Crippen LogP contribution in [0, 0.1) is 0 Å². The van der Waals surface area contributed by atoms with Gasteiger partial charge in [0.2, 0.25) is 5.91 Å². The molecule has 0 aromatic carbocycles. The molecule has 0 aromatic heterocycles. The lowest BCUT2D eigenvalue weighted by Crippen LogP contribution is -2.40. The second kappa shape index (κ2) is 5.80. The molecular weight excluding hydrogens is 176 g/mol. The van der Waals surface area contributed by atoms with Crippen molar-refractivity contribution in [3.8, 4) is 0 Å². The van der Waals surface area contributed by atoms with Gasteiger partial charge in [0, 0.05) is 5.03 Å². The lowest BCUT2D eigenvalue weighted by atomic mass is 10.2. The SMILES string of the molecule is C=CCC(N)C(=O)NCC(=C)Cl. The zero-order valence-electron chi connectivity index (χ0n) is 6.85. The van der Waals surface area contributed by atoms with Crippen LogP contribution in [-0.2, 0) is 4.79 Å². The topological polar surface area (TPSA) is 55.1 Å². The van der Waals surface area contributed by atoms with Gasteiger partial charge in [0.05, 0.1) is 12.6 Å². The molecule has 0 aliphatic heterocycles. The van der Waals surface area contributed by atoms with Crippen LogP contribution in [0.1, 0.15) is 6.42 Å². The predicted molar refractivity (Wildman–Crippen MR) is 50.8 cm³/mol. The van der Waals surface area contributed by atoms with Crippen LogP contribution in [0.25, 0.3) is 0 Å². The minimum atomic E-state index is -0.543. The number of carbonyl (C=O) groups is 1. The molecule has 3 N–H and O–H groups in total. The largest absolute Gasteiger partial charge is 0.350 e. The molecule has 1 atom stereocenters. The van der Waals surface area contributed by atoms with E-state index >= 15 is 0 Å². The van der Waals surface area contributed by atoms with Gasteiger partial charge in [-0.25, -0.2) is 0 Å². The Morgan fingerprint density at radius 1 is 1.75 bits per heavy atom. The van der Waals surface area contributed by atoms with E-state index in [0.717, 1.165) is 0 Å². The molecule has 0 saturated heterocycles. The van der Waals surface area contributed by atoms with Gasteiger partial charge in [0.1, 0.15) is 0 Å². The first-order valence-corrected chi connectivity index (χ1v) is 3.93. The average molecular weight is 189 g/mol. The molecule has 0 aliphatic carbocycles. The number of nitrogens with one attached hydrogen (secondary N) is 1. The van der Waals surface area contributed by atoms with Crippen LogP contribution in [0.4, 0.5) is 0 Å². The van der Waals surface area contributed by atoms with Gasteiger partial charge >= 0.3 is 0 Å². The Labute approximate surface area is 77.3 Å². The first-order valence-electron chi connectivity index (χ1n) is 3.55. The summed E-state index contributed by atoms with van der Waals surface area (Å²) in [5, 5.41) is 2.91. The summed E-state index contributed by atoms with van der Waals surface area (Å²) in [7, 11) is 0. The van der Waals surface area contributed by atoms with Crippen LogP contribution in [-0.4, -0.2) is 18.5 Å². The van der Waals surface area contributed by atoms with Gasteiger partial charge in [-0.05, 0) is 6.42 Å². The van der Waals surface area contributed by atoms with Gasteiger partial charge in [-0.15, -0.1) is 6.58 Å². The minimum Gasteiger partial charge on any atom is -0.350 e. The van der Waals surface area contributed by atoms with Crippen molar-refractivity contribution in [1.29, 1.82) is 0 Å². The molecule has 68 valence electrons. The molecule has 0 aliphatic rings. The van der Waals surface area contributed by atoms with E-state index in [0.29, 0.717) is 11.5 Å². The Kier molecular flexibility index (Phi) is 5.41. The lowest BCUT2D eigenvalue weighted by Gasteiger charge is -2.08. The number of hydrogen-bond donors (Lipinski definition) is 2. The summed E-state index contributed by atoms with van der Waals surface area (Å²) >= 11 is 5.43. The molecule has 0 radical (unpaired) electrons. The number of halogens is 1. The Bertz CT molecular complexity index is 191. The van der Waals surface area contributed by atoms with E-state index in [2.05, 4.69) is 18.5 Å². The maximum absolute atomic E-state index is 11.1. The highest BCUT2D eigenvalue weighted by Crippen LogP contribution is 1.94. The van der Waals surface area contributed by atoms with Crippen LogP contribution in [0.15, 0.2) is 24.3 Å². The van der Waals surface area contributed by atoms with Crippen molar-refractivity contribution in [3.63, 3.8) is 0 Å². The van der Waals surface area contributed by atoms with Crippen molar-refractivity contribution in [2.75, 3.05) is 6.54 Å². The van der Waals surface area contributed by atoms with Crippen molar-refractivity contribution in [1.82, 2.24) is 5.32 Å². The Hall–Kier alpha value is -0.800. The highest BCUT2D eigenvalue weighted by molar-refractivity contribution is 6.29. The van der Waals surface area contributed by atoms with E-state index in [9.17, 15) is 4.79 Å². The summed E-state index contributed by atoms with van der Waals surface area (Å²) < 4.78 is 0. The first kappa shape index (κ1) is 11.2. The van der Waals surface area contributed by atoms with Gasteiger partial charge in [0.25, 0.3) is 0 Å². The molecule has 0 saturated carbocycles. The molecule has 1 amide bonds. The Balaban J connectivity index is 3.71. The van der Waals surface area contributed by atoms with E-state index < -0.39 is 6.04 Å². The third kappa shape index (κ3) is 4.93. The van der Waals surface area contributed by atoms with Crippen LogP contribution in [0.3, 0.4) is 0 Å². The summed E-state index contributed by atoms with van der Waals surface area (Å²) in [6, 6.07) is -0.543. The monoisotopic (exact) mass is 188 g/mol. The summed E-state index contributed by atoms with van der Waals surface area (Å²) in [4.78, 5) is 11.1. The van der Waals surface area contributed by atoms with Crippen molar-refractivity contribution >= 4 is 17.5 Å². The van der Waals surface area contributed by atoms with Gasteiger partial charge in [-0.2, -0.15) is 0 Å². The Morgan fingerprint density at radius 2 is 2.33 bits per heavy atom. The fourth-order valence-electron chi connectivity index (χ4n) is 0.601. The number of hydrogen-bond acceptors (Lipinski definition) is 2. The number of amides is 1. The van der Waals surface area contributed by atoms with Crippen molar-refractivity contribution in [3.05, 3.63) is 24.3 Å². The van der Waals surface area contributed by atoms with E-state index in [1.165, 1.54) is 0 Å². The molecule has 1 unspecified atom stereocenters. The number of carbonyl (C=O) groups excluding carboxylic acids is 1. The Morgan fingerprint density at radius 3 is 2.75 bits per heavy atom. The zero-order valence-corrected chi connectivity index (χ0v) is 7.60. The fourth-order valence-corrected chi connectivity index (χ4v) is 0.668. The van der Waals surface area contributed by atoms with Gasteiger partial charge in [0.15, 0.2) is 0 Å². The highest BCUT2D eigenvalue weighted by Gasteiger charge is 2.10. The number of rotatable bonds is 5. The quantitative estimate of drug-likeness (QED) is 0.626. The molecular formula is C8H13ClN2O. The van der Waals surface area contributed by atoms with E-state index in [4.69, 9.17) is 17.3 Å². The second-order valence-corrected chi connectivity index (χ2v) is 2.90. The summed E-state index contributed by atoms with van der Waals surface area (Å²) in [5.74, 6) is -0.239. The van der Waals surface area contributed by atoms with Crippen LogP contribution in [0.5, 0.6) is 0 Å². The highest BCUT2D eigenvalue weighted by atomic mass is 35.5. The fraction of sp³-hybridized carbons (Fsp3) is 0.375. The first-order chi connectivity index (χ1) is 5.57. The summed E-state index contributed by atoms with van der Waals surface area (Å²) in [6.45, 7) is 7.15. The normalized spacial score (nSPS) is 11.8. The molecule has 4 heteroatoms. The molecule has 0 heterocycles. The van der Waals surface area contributed by atoms with Crippen LogP contribution in [0.2, 0.25) is 0 Å². The van der Waals surface area contributed by atoms with Crippen LogP contribution >= 0.6 is 11.6 Å². The maximum Gasteiger partial charge on any atom is 0.237 e. The van der Waals surface area contributed by atoms with E-state index in [1.54, 1.807) is 6.08 Å². The lowest BCUT2D eigenvalue weighted by molar-refractivity contribution is -0.122. The third-order valence-electron chi connectivity index (χ3n) is 1.21. The van der Waals surface area contributed by atoms with E-state index in [1.807, 2.05) is 0 Å². The minimum absolute atomic E-state index is 0.239. The molecule has 0 spiro atoms. The standard InChI is InChI=1S/C8H13ClN2O/c1-3-4-7(10)8(12)11-5-6(2)9/h3,7H,1-2,4-5,10H2,(H,11,12). The molecule has 0 bridgehead atoms. The van der Waals surface area contributed by atoms with Crippen molar-refractivity contribution < 1.29 is 4.79 Å². The molecule has 3 nitrogen and oxygen atoms in total. The zero-order chi connectivity index (χ0) is 9.56. The molecule has 0 rings (SSSR count). The van der Waals surface area contributed by atoms with E-state index in [-0.39, 0.29) is 12.5 Å². The molecule has 0 aromatic rings. The van der Waals surface area contributed by atoms with Gasteiger partial charge < -0.3 is 11.1 Å². The summed E-state index contributed by atoms with van der Waals surface area (Å²) in [6.07, 6.45) is 2.06. The second-order valence-electron chi connectivity index (χ2n) is 2.37. The average Bonchev–Trinajstić information content (AvgIpc) is 2.00. The van der Waals surface area contributed by atoms with Crippen LogP contribution < -0.4 is 11.1 Å². The third-order valence-corrected chi connectivity index (χ3v) is 1.35. The summed E-state index contributed by atoms with van der Waals surface area (Å²) in [5.41, 5.74) is 5.46. The smallest absolute Gasteiger partial charge is 0.237 e. The van der Waals surface area contributed by atoms with Crippen molar-refractivity contribution in [2.24, 2.45) is 5.73 Å².